The summed E-state index contributed by atoms with van der Waals surface area (Å²) in [6, 6.07) is 0. The third-order valence-corrected chi connectivity index (χ3v) is 6.92. The molecule has 0 aromatic carbocycles. The molecule has 1 aliphatic carbocycles. The van der Waals surface area contributed by atoms with E-state index in [0.717, 1.165) is 51.5 Å². The van der Waals surface area contributed by atoms with Gasteiger partial charge in [0.1, 0.15) is 0 Å². The topological polar surface area (TPSA) is 37.4 Å². The highest BCUT2D eigenvalue weighted by molar-refractivity contribution is 7.89. The lowest BCUT2D eigenvalue weighted by Gasteiger charge is -2.35. The van der Waals surface area contributed by atoms with Crippen LogP contribution in [0.3, 0.4) is 0 Å². The van der Waals surface area contributed by atoms with Gasteiger partial charge in [-0.05, 0) is 38.0 Å². The minimum Gasteiger partial charge on any atom is -0.212 e. The van der Waals surface area contributed by atoms with Crippen LogP contribution >= 0.6 is 11.6 Å². The van der Waals surface area contributed by atoms with E-state index < -0.39 is 10.0 Å². The van der Waals surface area contributed by atoms with Crippen LogP contribution in [-0.2, 0) is 10.0 Å². The molecule has 1 unspecified atom stereocenters. The molecule has 1 saturated carbocycles. The van der Waals surface area contributed by atoms with Crippen molar-refractivity contribution in [2.45, 2.75) is 56.6 Å². The van der Waals surface area contributed by atoms with Crippen molar-refractivity contribution in [1.82, 2.24) is 4.31 Å². The van der Waals surface area contributed by atoms with Gasteiger partial charge in [0.15, 0.2) is 0 Å². The SMILES string of the molecule is O=S(=O)(C1CCCCC1)N1CCCC(CCCl)C1. The number of halogens is 1. The summed E-state index contributed by atoms with van der Waals surface area (Å²) in [5.74, 6) is 1.11. The molecular weight excluding hydrogens is 270 g/mol. The third kappa shape index (κ3) is 3.40. The van der Waals surface area contributed by atoms with Crippen molar-refractivity contribution in [3.05, 3.63) is 0 Å². The Kier molecular flexibility index (Phi) is 5.34. The summed E-state index contributed by atoms with van der Waals surface area (Å²) in [7, 11) is -3.05. The van der Waals surface area contributed by atoms with Crippen LogP contribution in [0.15, 0.2) is 0 Å². The Morgan fingerprint density at radius 3 is 2.44 bits per heavy atom. The lowest BCUT2D eigenvalue weighted by Crippen LogP contribution is -2.45. The fourth-order valence-electron chi connectivity index (χ4n) is 3.22. The first kappa shape index (κ1) is 14.6. The number of sulfonamides is 1. The van der Waals surface area contributed by atoms with Gasteiger partial charge < -0.3 is 0 Å². The Bertz CT molecular complexity index is 350. The maximum atomic E-state index is 12.6. The van der Waals surface area contributed by atoms with Crippen LogP contribution in [0.5, 0.6) is 0 Å². The second-order valence-electron chi connectivity index (χ2n) is 5.65. The molecule has 1 atom stereocenters. The van der Waals surface area contributed by atoms with Crippen molar-refractivity contribution >= 4 is 21.6 Å². The Balaban J connectivity index is 1.99. The minimum atomic E-state index is -3.05. The van der Waals surface area contributed by atoms with Crippen molar-refractivity contribution in [2.24, 2.45) is 5.92 Å². The summed E-state index contributed by atoms with van der Waals surface area (Å²) >= 11 is 5.78. The number of rotatable bonds is 4. The second-order valence-corrected chi connectivity index (χ2v) is 8.24. The minimum absolute atomic E-state index is 0.110. The van der Waals surface area contributed by atoms with E-state index in [-0.39, 0.29) is 5.25 Å². The average Bonchev–Trinajstić information content (AvgIpc) is 2.40. The maximum Gasteiger partial charge on any atom is 0.216 e. The van der Waals surface area contributed by atoms with E-state index >= 15 is 0 Å². The van der Waals surface area contributed by atoms with Crippen molar-refractivity contribution in [3.8, 4) is 0 Å². The van der Waals surface area contributed by atoms with Crippen LogP contribution in [0, 0.1) is 5.92 Å². The van der Waals surface area contributed by atoms with Gasteiger partial charge >= 0.3 is 0 Å². The van der Waals surface area contributed by atoms with Crippen LogP contribution in [0.1, 0.15) is 51.4 Å². The number of alkyl halides is 1. The van der Waals surface area contributed by atoms with Crippen LogP contribution in [0.2, 0.25) is 0 Å². The molecule has 1 aliphatic heterocycles. The quantitative estimate of drug-likeness (QED) is 0.747. The van der Waals surface area contributed by atoms with Crippen molar-refractivity contribution in [2.75, 3.05) is 19.0 Å². The van der Waals surface area contributed by atoms with Crippen LogP contribution in [-0.4, -0.2) is 36.9 Å². The lowest BCUT2D eigenvalue weighted by atomic mass is 9.97. The van der Waals surface area contributed by atoms with Gasteiger partial charge in [0, 0.05) is 19.0 Å². The van der Waals surface area contributed by atoms with Gasteiger partial charge in [0.25, 0.3) is 0 Å². The van der Waals surface area contributed by atoms with Gasteiger partial charge in [0.05, 0.1) is 5.25 Å². The zero-order valence-electron chi connectivity index (χ0n) is 11.0. The Morgan fingerprint density at radius 1 is 1.06 bits per heavy atom. The smallest absolute Gasteiger partial charge is 0.212 e. The average molecular weight is 294 g/mol. The zero-order chi connectivity index (χ0) is 13.0. The fourth-order valence-corrected chi connectivity index (χ4v) is 5.68. The number of nitrogens with zero attached hydrogens (tertiary/aromatic N) is 1. The first-order valence-corrected chi connectivity index (χ1v) is 9.23. The number of hydrogen-bond acceptors (Lipinski definition) is 2. The molecule has 18 heavy (non-hydrogen) atoms. The predicted molar refractivity (Wildman–Crippen MR) is 75.4 cm³/mol. The predicted octanol–water partition coefficient (Wildman–Crippen LogP) is 2.99. The molecule has 5 heteroatoms. The Labute approximate surface area is 116 Å². The first-order valence-electron chi connectivity index (χ1n) is 7.19. The van der Waals surface area contributed by atoms with Gasteiger partial charge in [-0.2, -0.15) is 0 Å². The van der Waals surface area contributed by atoms with Crippen molar-refractivity contribution < 1.29 is 8.42 Å². The van der Waals surface area contributed by atoms with E-state index in [4.69, 9.17) is 11.6 Å². The molecule has 0 aromatic rings. The van der Waals surface area contributed by atoms with Gasteiger partial charge in [-0.3, -0.25) is 0 Å². The molecule has 0 radical (unpaired) electrons. The molecule has 0 aromatic heterocycles. The summed E-state index contributed by atoms with van der Waals surface area (Å²) in [6.07, 6.45) is 8.12. The van der Waals surface area contributed by atoms with Crippen LogP contribution in [0.25, 0.3) is 0 Å². The Morgan fingerprint density at radius 2 is 1.78 bits per heavy atom. The summed E-state index contributed by atoms with van der Waals surface area (Å²) < 4.78 is 26.9. The maximum absolute atomic E-state index is 12.6. The molecule has 0 amide bonds. The summed E-state index contributed by atoms with van der Waals surface area (Å²) in [5.41, 5.74) is 0. The zero-order valence-corrected chi connectivity index (χ0v) is 12.6. The van der Waals surface area contributed by atoms with Crippen molar-refractivity contribution in [1.29, 1.82) is 0 Å². The standard InChI is InChI=1S/C13H24ClNO2S/c14-9-8-12-5-4-10-15(11-12)18(16,17)13-6-2-1-3-7-13/h12-13H,1-11H2. The molecule has 106 valence electrons. The summed E-state index contributed by atoms with van der Waals surface area (Å²) in [5, 5.41) is -0.110. The van der Waals surface area contributed by atoms with E-state index in [2.05, 4.69) is 0 Å². The molecular formula is C13H24ClNO2S. The highest BCUT2D eigenvalue weighted by Gasteiger charge is 2.35. The van der Waals surface area contributed by atoms with E-state index in [1.54, 1.807) is 4.31 Å². The number of piperidine rings is 1. The van der Waals surface area contributed by atoms with E-state index in [0.29, 0.717) is 18.3 Å². The van der Waals surface area contributed by atoms with Crippen LogP contribution < -0.4 is 0 Å². The van der Waals surface area contributed by atoms with Crippen LogP contribution in [0.4, 0.5) is 0 Å². The monoisotopic (exact) mass is 293 g/mol. The largest absolute Gasteiger partial charge is 0.216 e. The fraction of sp³-hybridized carbons (Fsp3) is 1.00. The van der Waals surface area contributed by atoms with Crippen molar-refractivity contribution in [3.63, 3.8) is 0 Å². The summed E-state index contributed by atoms with van der Waals surface area (Å²) in [4.78, 5) is 0. The van der Waals surface area contributed by atoms with E-state index in [9.17, 15) is 8.42 Å². The lowest BCUT2D eigenvalue weighted by molar-refractivity contribution is 0.257. The first-order chi connectivity index (χ1) is 8.64. The molecule has 3 nitrogen and oxygen atoms in total. The van der Waals surface area contributed by atoms with E-state index in [1.807, 2.05) is 0 Å². The highest BCUT2D eigenvalue weighted by atomic mass is 35.5. The molecule has 2 rings (SSSR count). The molecule has 0 spiro atoms. The third-order valence-electron chi connectivity index (χ3n) is 4.33. The molecule has 0 bridgehead atoms. The molecule has 2 fully saturated rings. The van der Waals surface area contributed by atoms with Gasteiger partial charge in [-0.15, -0.1) is 11.6 Å². The molecule has 1 saturated heterocycles. The normalized spacial score (nSPS) is 28.4. The summed E-state index contributed by atoms with van der Waals surface area (Å²) in [6.45, 7) is 1.42. The van der Waals surface area contributed by atoms with Gasteiger partial charge in [0.2, 0.25) is 10.0 Å². The number of hydrogen-bond donors (Lipinski definition) is 0. The molecule has 1 heterocycles. The van der Waals surface area contributed by atoms with E-state index in [1.165, 1.54) is 6.42 Å². The molecule has 0 N–H and O–H groups in total. The van der Waals surface area contributed by atoms with Gasteiger partial charge in [-0.25, -0.2) is 12.7 Å². The second kappa shape index (κ2) is 6.58. The Hall–Kier alpha value is 0.200. The highest BCUT2D eigenvalue weighted by Crippen LogP contribution is 2.29. The van der Waals surface area contributed by atoms with Gasteiger partial charge in [-0.1, -0.05) is 19.3 Å². The molecule has 2 aliphatic rings.